The standard InChI is InChI=1S/C19H19ClF3N3.C3H6.C2H6/c1-18(2,3)12-6-4-11(5-7-12)10-24-17-25-15-9-13(19(21,22)23)8-14(20)16(15)26-17;1-3-2;1-2/h4-9H,10H2,1-3H3,(H2,24,25,26);3H,1H2,2H3;1-2H3. The van der Waals surface area contributed by atoms with E-state index in [-0.39, 0.29) is 16.0 Å². The molecule has 170 valence electrons. The Kier molecular flexibility index (Phi) is 9.63. The van der Waals surface area contributed by atoms with Crippen molar-refractivity contribution in [2.75, 3.05) is 5.32 Å². The molecule has 0 radical (unpaired) electrons. The maximum absolute atomic E-state index is 12.9. The molecule has 0 saturated carbocycles. The number of rotatable bonds is 3. The molecule has 0 aliphatic carbocycles. The zero-order valence-electron chi connectivity index (χ0n) is 18.9. The molecule has 1 heterocycles. The summed E-state index contributed by atoms with van der Waals surface area (Å²) in [4.78, 5) is 7.09. The van der Waals surface area contributed by atoms with Crippen LogP contribution in [0.25, 0.3) is 11.0 Å². The van der Waals surface area contributed by atoms with Crippen LogP contribution in [0.15, 0.2) is 49.1 Å². The highest BCUT2D eigenvalue weighted by Crippen LogP contribution is 2.34. The third-order valence-corrected chi connectivity index (χ3v) is 4.44. The van der Waals surface area contributed by atoms with Gasteiger partial charge in [-0.15, -0.1) is 6.58 Å². The quantitative estimate of drug-likeness (QED) is 0.391. The zero-order valence-corrected chi connectivity index (χ0v) is 19.7. The number of aromatic nitrogens is 2. The number of H-pyrrole nitrogens is 1. The molecule has 0 bridgehead atoms. The van der Waals surface area contributed by atoms with Crippen LogP contribution in [-0.4, -0.2) is 9.97 Å². The average molecular weight is 454 g/mol. The molecule has 0 atom stereocenters. The van der Waals surface area contributed by atoms with Gasteiger partial charge in [-0.2, -0.15) is 13.2 Å². The number of aromatic amines is 1. The second kappa shape index (κ2) is 11.2. The monoisotopic (exact) mass is 453 g/mol. The molecule has 0 saturated heterocycles. The number of allylic oxidation sites excluding steroid dienone is 1. The van der Waals surface area contributed by atoms with E-state index in [0.717, 1.165) is 17.7 Å². The molecule has 2 N–H and O–H groups in total. The molecule has 0 unspecified atom stereocenters. The highest BCUT2D eigenvalue weighted by molar-refractivity contribution is 6.35. The van der Waals surface area contributed by atoms with Gasteiger partial charge in [0.1, 0.15) is 5.52 Å². The molecule has 0 aliphatic rings. The molecule has 0 fully saturated rings. The summed E-state index contributed by atoms with van der Waals surface area (Å²) >= 11 is 5.95. The van der Waals surface area contributed by atoms with E-state index in [1.807, 2.05) is 32.9 Å². The van der Waals surface area contributed by atoms with Gasteiger partial charge in [-0.25, -0.2) is 4.98 Å². The van der Waals surface area contributed by atoms with Crippen molar-refractivity contribution in [3.63, 3.8) is 0 Å². The molecule has 0 aliphatic heterocycles. The minimum Gasteiger partial charge on any atom is -0.352 e. The van der Waals surface area contributed by atoms with Crippen molar-refractivity contribution >= 4 is 28.6 Å². The molecule has 0 spiro atoms. The summed E-state index contributed by atoms with van der Waals surface area (Å²) < 4.78 is 38.6. The van der Waals surface area contributed by atoms with Gasteiger partial charge < -0.3 is 10.3 Å². The first-order chi connectivity index (χ1) is 14.5. The molecule has 2 aromatic carbocycles. The number of hydrogen-bond donors (Lipinski definition) is 2. The largest absolute Gasteiger partial charge is 0.416 e. The lowest BCUT2D eigenvalue weighted by Gasteiger charge is -2.19. The summed E-state index contributed by atoms with van der Waals surface area (Å²) in [7, 11) is 0. The smallest absolute Gasteiger partial charge is 0.352 e. The van der Waals surface area contributed by atoms with Gasteiger partial charge in [-0.3, -0.25) is 0 Å². The lowest BCUT2D eigenvalue weighted by molar-refractivity contribution is -0.137. The fourth-order valence-electron chi connectivity index (χ4n) is 2.63. The van der Waals surface area contributed by atoms with Gasteiger partial charge in [-0.1, -0.05) is 76.6 Å². The number of alkyl halides is 3. The Morgan fingerprint density at radius 3 is 2.10 bits per heavy atom. The maximum atomic E-state index is 12.9. The Bertz CT molecular complexity index is 969. The van der Waals surface area contributed by atoms with Crippen LogP contribution in [0.1, 0.15) is 58.2 Å². The van der Waals surface area contributed by atoms with Crippen LogP contribution in [0.3, 0.4) is 0 Å². The molecule has 1 aromatic heterocycles. The predicted octanol–water partition coefficient (Wildman–Crippen LogP) is 8.36. The Labute approximate surface area is 187 Å². The number of halogens is 4. The van der Waals surface area contributed by atoms with Crippen LogP contribution in [0.2, 0.25) is 5.02 Å². The zero-order chi connectivity index (χ0) is 23.8. The summed E-state index contributed by atoms with van der Waals surface area (Å²) in [5.74, 6) is 0.376. The van der Waals surface area contributed by atoms with E-state index in [2.05, 4.69) is 54.8 Å². The van der Waals surface area contributed by atoms with Crippen LogP contribution in [0.5, 0.6) is 0 Å². The van der Waals surface area contributed by atoms with Gasteiger partial charge >= 0.3 is 6.18 Å². The Hall–Kier alpha value is -2.47. The number of benzene rings is 2. The van der Waals surface area contributed by atoms with Crippen LogP contribution < -0.4 is 5.32 Å². The first-order valence-corrected chi connectivity index (χ1v) is 10.5. The van der Waals surface area contributed by atoms with Crippen LogP contribution in [-0.2, 0) is 18.1 Å². The van der Waals surface area contributed by atoms with E-state index in [9.17, 15) is 13.2 Å². The highest BCUT2D eigenvalue weighted by atomic mass is 35.5. The van der Waals surface area contributed by atoms with Crippen molar-refractivity contribution in [2.45, 2.75) is 59.7 Å². The molecule has 0 amide bonds. The van der Waals surface area contributed by atoms with E-state index in [4.69, 9.17) is 11.6 Å². The van der Waals surface area contributed by atoms with E-state index in [0.29, 0.717) is 18.0 Å². The van der Waals surface area contributed by atoms with E-state index in [1.165, 1.54) is 5.56 Å². The third kappa shape index (κ3) is 7.62. The maximum Gasteiger partial charge on any atom is 0.416 e. The summed E-state index contributed by atoms with van der Waals surface area (Å²) in [6.07, 6.45) is -2.70. The van der Waals surface area contributed by atoms with Crippen LogP contribution in [0, 0.1) is 0 Å². The molecular weight excluding hydrogens is 423 g/mol. The Balaban J connectivity index is 0.000000884. The van der Waals surface area contributed by atoms with Crippen molar-refractivity contribution in [3.05, 3.63) is 70.8 Å². The summed E-state index contributed by atoms with van der Waals surface area (Å²) in [6.45, 7) is 16.2. The van der Waals surface area contributed by atoms with Crippen molar-refractivity contribution in [1.29, 1.82) is 0 Å². The lowest BCUT2D eigenvalue weighted by Crippen LogP contribution is -2.11. The fourth-order valence-corrected chi connectivity index (χ4v) is 2.89. The topological polar surface area (TPSA) is 40.7 Å². The summed E-state index contributed by atoms with van der Waals surface area (Å²) in [5, 5.41) is 3.05. The SMILES string of the molecule is C=CC.CC.CC(C)(C)c1ccc(CNc2nc3c(Cl)cc(C(F)(F)F)cc3[nH]2)cc1. The molecule has 7 heteroatoms. The second-order valence-corrected chi connectivity index (χ2v) is 8.05. The van der Waals surface area contributed by atoms with Crippen molar-refractivity contribution in [1.82, 2.24) is 9.97 Å². The van der Waals surface area contributed by atoms with Crippen LogP contribution in [0.4, 0.5) is 19.1 Å². The second-order valence-electron chi connectivity index (χ2n) is 7.65. The first-order valence-electron chi connectivity index (χ1n) is 10.1. The van der Waals surface area contributed by atoms with Gasteiger partial charge in [-0.05, 0) is 35.6 Å². The van der Waals surface area contributed by atoms with Crippen molar-refractivity contribution in [2.24, 2.45) is 0 Å². The lowest BCUT2D eigenvalue weighted by atomic mass is 9.87. The number of nitrogens with zero attached hydrogens (tertiary/aromatic N) is 1. The van der Waals surface area contributed by atoms with Gasteiger partial charge in [0.15, 0.2) is 0 Å². The molecular formula is C24H31ClF3N3. The number of hydrogen-bond acceptors (Lipinski definition) is 2. The normalized spacial score (nSPS) is 11.2. The average Bonchev–Trinajstić information content (AvgIpc) is 3.11. The van der Waals surface area contributed by atoms with Crippen LogP contribution >= 0.6 is 11.6 Å². The number of fused-ring (bicyclic) bond motifs is 1. The van der Waals surface area contributed by atoms with Crippen molar-refractivity contribution < 1.29 is 13.2 Å². The third-order valence-electron chi connectivity index (χ3n) is 4.15. The molecule has 31 heavy (non-hydrogen) atoms. The fraction of sp³-hybridized carbons (Fsp3) is 0.375. The minimum absolute atomic E-state index is 0.0337. The summed E-state index contributed by atoms with van der Waals surface area (Å²) in [5.41, 5.74) is 2.11. The van der Waals surface area contributed by atoms with E-state index in [1.54, 1.807) is 6.08 Å². The van der Waals surface area contributed by atoms with Gasteiger partial charge in [0, 0.05) is 6.54 Å². The molecule has 3 aromatic rings. The van der Waals surface area contributed by atoms with E-state index < -0.39 is 11.7 Å². The number of nitrogens with one attached hydrogen (secondary N) is 2. The predicted molar refractivity (Wildman–Crippen MR) is 126 cm³/mol. The van der Waals surface area contributed by atoms with Gasteiger partial charge in [0.05, 0.1) is 16.1 Å². The molecule has 3 nitrogen and oxygen atoms in total. The molecule has 3 rings (SSSR count). The first kappa shape index (κ1) is 26.6. The highest BCUT2D eigenvalue weighted by Gasteiger charge is 2.31. The summed E-state index contributed by atoms with van der Waals surface area (Å²) in [6, 6.07) is 10.1. The van der Waals surface area contributed by atoms with Gasteiger partial charge in [0.25, 0.3) is 0 Å². The van der Waals surface area contributed by atoms with E-state index >= 15 is 0 Å². The Morgan fingerprint density at radius 1 is 1.06 bits per heavy atom. The number of imidazole rings is 1. The van der Waals surface area contributed by atoms with Gasteiger partial charge in [0.2, 0.25) is 5.95 Å². The minimum atomic E-state index is -4.45. The Morgan fingerprint density at radius 2 is 1.61 bits per heavy atom. The van der Waals surface area contributed by atoms with Crippen molar-refractivity contribution in [3.8, 4) is 0 Å². The number of anilines is 1.